The summed E-state index contributed by atoms with van der Waals surface area (Å²) in [5, 5.41) is 23.5. The number of halogens is 2. The van der Waals surface area contributed by atoms with Crippen LogP contribution in [0, 0.1) is 11.6 Å². The number of carbonyl (C=O) groups excluding carboxylic acids is 1. The van der Waals surface area contributed by atoms with Gasteiger partial charge in [0.25, 0.3) is 0 Å². The van der Waals surface area contributed by atoms with Gasteiger partial charge in [0, 0.05) is 0 Å². The first kappa shape index (κ1) is 19.0. The molecule has 0 fully saturated rings. The van der Waals surface area contributed by atoms with Gasteiger partial charge in [0.15, 0.2) is 6.29 Å². The average molecular weight is 384 g/mol. The monoisotopic (exact) mass is 384 g/mol. The summed E-state index contributed by atoms with van der Waals surface area (Å²) in [4.78, 5) is 10.3. The number of nitrogens with zero attached hydrogens (tertiary/aromatic N) is 6. The van der Waals surface area contributed by atoms with Crippen LogP contribution in [0.3, 0.4) is 0 Å². The first-order chi connectivity index (χ1) is 13.6. The molecule has 4 aromatic rings. The van der Waals surface area contributed by atoms with E-state index in [1.807, 2.05) is 0 Å². The zero-order valence-corrected chi connectivity index (χ0v) is 14.4. The Bertz CT molecular complexity index is 1040. The topological polar surface area (TPSA) is 98.7 Å². The molecular formula is C18H14F2N6O2. The number of aliphatic hydroxyl groups is 1. The lowest BCUT2D eigenvalue weighted by molar-refractivity contribution is 0.111. The van der Waals surface area contributed by atoms with E-state index in [0.29, 0.717) is 23.4 Å². The van der Waals surface area contributed by atoms with Crippen LogP contribution in [-0.4, -0.2) is 41.4 Å². The highest BCUT2D eigenvalue weighted by Gasteiger charge is 2.02. The Morgan fingerprint density at radius 1 is 0.821 bits per heavy atom. The molecule has 142 valence electrons. The van der Waals surface area contributed by atoms with Crippen LogP contribution in [-0.2, 0) is 6.61 Å². The molecule has 0 amide bonds. The van der Waals surface area contributed by atoms with Crippen molar-refractivity contribution in [2.75, 3.05) is 0 Å². The van der Waals surface area contributed by atoms with Crippen molar-refractivity contribution in [1.82, 2.24) is 30.0 Å². The number of aromatic nitrogens is 6. The second-order valence-corrected chi connectivity index (χ2v) is 5.47. The summed E-state index contributed by atoms with van der Waals surface area (Å²) >= 11 is 0. The molecule has 0 unspecified atom stereocenters. The first-order valence-electron chi connectivity index (χ1n) is 8.00. The number of aldehydes is 1. The Morgan fingerprint density at radius 2 is 1.32 bits per heavy atom. The van der Waals surface area contributed by atoms with E-state index in [0.717, 1.165) is 0 Å². The summed E-state index contributed by atoms with van der Waals surface area (Å²) in [6.45, 7) is -0.152. The van der Waals surface area contributed by atoms with Crippen LogP contribution < -0.4 is 0 Å². The maximum Gasteiger partial charge on any atom is 0.171 e. The van der Waals surface area contributed by atoms with Crippen molar-refractivity contribution in [1.29, 1.82) is 0 Å². The lowest BCUT2D eigenvalue weighted by atomic mass is 10.3. The van der Waals surface area contributed by atoms with Crippen LogP contribution in [0.15, 0.2) is 60.9 Å². The van der Waals surface area contributed by atoms with Gasteiger partial charge in [-0.05, 0) is 48.5 Å². The average Bonchev–Trinajstić information content (AvgIpc) is 3.39. The number of carbonyl (C=O) groups is 1. The molecule has 4 rings (SSSR count). The van der Waals surface area contributed by atoms with Gasteiger partial charge in [-0.2, -0.15) is 0 Å². The SMILES string of the molecule is O=Cc1cn(-c2ccc(F)cc2)nn1.OCc1cn(-c2ccc(F)cc2)nn1. The zero-order chi connectivity index (χ0) is 19.9. The third-order valence-electron chi connectivity index (χ3n) is 3.52. The van der Waals surface area contributed by atoms with Crippen molar-refractivity contribution < 1.29 is 18.7 Å². The quantitative estimate of drug-likeness (QED) is 0.541. The van der Waals surface area contributed by atoms with Crippen LogP contribution >= 0.6 is 0 Å². The largest absolute Gasteiger partial charge is 0.390 e. The van der Waals surface area contributed by atoms with E-state index in [-0.39, 0.29) is 23.9 Å². The first-order valence-corrected chi connectivity index (χ1v) is 8.00. The number of benzene rings is 2. The van der Waals surface area contributed by atoms with Crippen molar-refractivity contribution >= 4 is 6.29 Å². The standard InChI is InChI=1S/C9H8FN3O.C9H6FN3O/c2*10-7-1-3-9(4-2-7)13-5-8(6-14)11-12-13/h1-5,14H,6H2;1-6H. The van der Waals surface area contributed by atoms with Gasteiger partial charge in [0.1, 0.15) is 23.0 Å². The van der Waals surface area contributed by atoms with Crippen molar-refractivity contribution in [3.63, 3.8) is 0 Å². The minimum absolute atomic E-state index is 0.152. The number of aliphatic hydroxyl groups excluding tert-OH is 1. The van der Waals surface area contributed by atoms with Gasteiger partial charge in [0.05, 0.1) is 30.4 Å². The summed E-state index contributed by atoms with van der Waals surface area (Å²) < 4.78 is 28.0. The normalized spacial score (nSPS) is 10.2. The van der Waals surface area contributed by atoms with Gasteiger partial charge in [-0.1, -0.05) is 10.4 Å². The molecule has 0 radical (unpaired) electrons. The van der Waals surface area contributed by atoms with E-state index >= 15 is 0 Å². The second kappa shape index (κ2) is 8.73. The molecule has 1 N–H and O–H groups in total. The molecule has 8 nitrogen and oxygen atoms in total. The van der Waals surface area contributed by atoms with Crippen LogP contribution in [0.5, 0.6) is 0 Å². The van der Waals surface area contributed by atoms with Gasteiger partial charge in [-0.25, -0.2) is 18.1 Å². The zero-order valence-electron chi connectivity index (χ0n) is 14.4. The van der Waals surface area contributed by atoms with Crippen molar-refractivity contribution in [2.45, 2.75) is 6.61 Å². The third kappa shape index (κ3) is 4.68. The molecule has 0 bridgehead atoms. The molecule has 10 heteroatoms. The van der Waals surface area contributed by atoms with Gasteiger partial charge in [-0.15, -0.1) is 10.2 Å². The van der Waals surface area contributed by atoms with Crippen LogP contribution in [0.25, 0.3) is 11.4 Å². The fourth-order valence-electron chi connectivity index (χ4n) is 2.14. The van der Waals surface area contributed by atoms with Crippen LogP contribution in [0.2, 0.25) is 0 Å². The van der Waals surface area contributed by atoms with E-state index in [4.69, 9.17) is 5.11 Å². The predicted octanol–water partition coefficient (Wildman–Crippen LogP) is 2.12. The summed E-state index contributed by atoms with van der Waals surface area (Å²) in [5.74, 6) is -0.610. The number of hydrogen-bond donors (Lipinski definition) is 1. The Balaban J connectivity index is 0.000000161. The fraction of sp³-hybridized carbons (Fsp3) is 0.0556. The molecule has 0 saturated heterocycles. The van der Waals surface area contributed by atoms with Gasteiger partial charge >= 0.3 is 0 Å². The highest BCUT2D eigenvalue weighted by Crippen LogP contribution is 2.08. The molecule has 2 aromatic heterocycles. The van der Waals surface area contributed by atoms with E-state index in [9.17, 15) is 13.6 Å². The lowest BCUT2D eigenvalue weighted by Gasteiger charge is -1.97. The molecule has 0 atom stereocenters. The van der Waals surface area contributed by atoms with Crippen molar-refractivity contribution in [3.05, 3.63) is 83.9 Å². The highest BCUT2D eigenvalue weighted by atomic mass is 19.1. The Kier molecular flexibility index (Phi) is 5.92. The van der Waals surface area contributed by atoms with Crippen LogP contribution in [0.4, 0.5) is 8.78 Å². The van der Waals surface area contributed by atoms with Crippen LogP contribution in [0.1, 0.15) is 16.2 Å². The Labute approximate surface area is 157 Å². The smallest absolute Gasteiger partial charge is 0.171 e. The molecule has 28 heavy (non-hydrogen) atoms. The molecule has 2 heterocycles. The molecule has 0 spiro atoms. The minimum atomic E-state index is -0.315. The Morgan fingerprint density at radius 3 is 1.75 bits per heavy atom. The fourth-order valence-corrected chi connectivity index (χ4v) is 2.14. The summed E-state index contributed by atoms with van der Waals surface area (Å²) in [6, 6.07) is 11.6. The predicted molar refractivity (Wildman–Crippen MR) is 93.9 cm³/mol. The molecule has 0 aliphatic carbocycles. The molecular weight excluding hydrogens is 370 g/mol. The van der Waals surface area contributed by atoms with E-state index in [1.165, 1.54) is 39.8 Å². The molecule has 0 saturated carbocycles. The van der Waals surface area contributed by atoms with Gasteiger partial charge in [-0.3, -0.25) is 4.79 Å². The maximum atomic E-state index is 12.6. The van der Waals surface area contributed by atoms with Gasteiger partial charge in [0.2, 0.25) is 0 Å². The third-order valence-corrected chi connectivity index (χ3v) is 3.52. The second-order valence-electron chi connectivity index (χ2n) is 5.47. The molecule has 0 aliphatic rings. The van der Waals surface area contributed by atoms with E-state index < -0.39 is 0 Å². The maximum absolute atomic E-state index is 12.6. The van der Waals surface area contributed by atoms with Crippen molar-refractivity contribution in [3.8, 4) is 11.4 Å². The lowest BCUT2D eigenvalue weighted by Crippen LogP contribution is -1.94. The summed E-state index contributed by atoms with van der Waals surface area (Å²) in [5.41, 5.74) is 2.09. The summed E-state index contributed by atoms with van der Waals surface area (Å²) in [6.07, 6.45) is 3.67. The van der Waals surface area contributed by atoms with Crippen molar-refractivity contribution in [2.24, 2.45) is 0 Å². The number of rotatable bonds is 4. The van der Waals surface area contributed by atoms with E-state index in [1.54, 1.807) is 30.5 Å². The summed E-state index contributed by atoms with van der Waals surface area (Å²) in [7, 11) is 0. The minimum Gasteiger partial charge on any atom is -0.390 e. The molecule has 0 aliphatic heterocycles. The molecule has 2 aromatic carbocycles. The Hall–Kier alpha value is -3.79. The highest BCUT2D eigenvalue weighted by molar-refractivity contribution is 5.70. The number of hydrogen-bond acceptors (Lipinski definition) is 6. The van der Waals surface area contributed by atoms with Gasteiger partial charge < -0.3 is 5.11 Å². The van der Waals surface area contributed by atoms with E-state index in [2.05, 4.69) is 20.6 Å².